The van der Waals surface area contributed by atoms with Gasteiger partial charge in [-0.1, -0.05) is 6.07 Å². The number of carbonyl (C=O) groups excluding carboxylic acids is 1. The van der Waals surface area contributed by atoms with Crippen molar-refractivity contribution in [1.29, 1.82) is 0 Å². The van der Waals surface area contributed by atoms with Crippen LogP contribution in [-0.4, -0.2) is 44.0 Å². The Morgan fingerprint density at radius 2 is 2.04 bits per heavy atom. The van der Waals surface area contributed by atoms with Crippen molar-refractivity contribution >= 4 is 39.9 Å². The lowest BCUT2D eigenvalue weighted by atomic mass is 9.93. The highest BCUT2D eigenvalue weighted by Crippen LogP contribution is 2.24. The van der Waals surface area contributed by atoms with E-state index in [2.05, 4.69) is 31.5 Å². The molecule has 0 aromatic heterocycles. The van der Waals surface area contributed by atoms with Crippen molar-refractivity contribution in [1.82, 2.24) is 10.2 Å². The number of amides is 1. The number of hydrogen-bond acceptors (Lipinski definition) is 3. The molecule has 0 unspecified atom stereocenters. The molecule has 1 fully saturated rings. The Hall–Kier alpha value is -0.620. The third kappa shape index (κ3) is 6.79. The largest absolute Gasteiger partial charge is 0.324 e. The Bertz CT molecular complexity index is 505. The van der Waals surface area contributed by atoms with E-state index in [1.165, 1.54) is 24.8 Å². The predicted molar refractivity (Wildman–Crippen MR) is 102 cm³/mol. The van der Waals surface area contributed by atoms with E-state index in [4.69, 9.17) is 0 Å². The second-order valence-electron chi connectivity index (χ2n) is 6.14. The van der Waals surface area contributed by atoms with Gasteiger partial charge in [0.05, 0.1) is 12.2 Å². The van der Waals surface area contributed by atoms with Gasteiger partial charge < -0.3 is 10.6 Å². The maximum Gasteiger partial charge on any atom is 0.238 e. The van der Waals surface area contributed by atoms with Gasteiger partial charge in [0.1, 0.15) is 0 Å². The van der Waals surface area contributed by atoms with Gasteiger partial charge in [0.2, 0.25) is 5.91 Å². The quantitative estimate of drug-likeness (QED) is 0.763. The van der Waals surface area contributed by atoms with Crippen molar-refractivity contribution in [2.75, 3.05) is 38.5 Å². The van der Waals surface area contributed by atoms with Crippen LogP contribution in [0.15, 0.2) is 22.7 Å². The van der Waals surface area contributed by atoms with Crippen LogP contribution in [0.25, 0.3) is 0 Å². The van der Waals surface area contributed by atoms with Crippen molar-refractivity contribution in [3.05, 3.63) is 28.2 Å². The summed E-state index contributed by atoms with van der Waals surface area (Å²) >= 11 is 3.50. The summed E-state index contributed by atoms with van der Waals surface area (Å²) in [4.78, 5) is 14.4. The minimum Gasteiger partial charge on any atom is -0.324 e. The highest BCUT2D eigenvalue weighted by molar-refractivity contribution is 9.10. The maximum atomic E-state index is 12.2. The zero-order chi connectivity index (χ0) is 15.9. The van der Waals surface area contributed by atoms with Crippen LogP contribution in [0.2, 0.25) is 0 Å². The Labute approximate surface area is 153 Å². The molecule has 130 valence electrons. The van der Waals surface area contributed by atoms with Crippen LogP contribution < -0.4 is 10.6 Å². The van der Waals surface area contributed by atoms with Gasteiger partial charge in [0, 0.05) is 4.47 Å². The van der Waals surface area contributed by atoms with Gasteiger partial charge in [-0.25, -0.2) is 0 Å². The van der Waals surface area contributed by atoms with Crippen LogP contribution in [0.1, 0.15) is 24.8 Å². The molecule has 0 radical (unpaired) electrons. The molecule has 23 heavy (non-hydrogen) atoms. The molecule has 1 saturated heterocycles. The lowest BCUT2D eigenvalue weighted by Crippen LogP contribution is -2.39. The zero-order valence-electron chi connectivity index (χ0n) is 13.9. The number of nitrogens with zero attached hydrogens (tertiary/aromatic N) is 1. The highest BCUT2D eigenvalue weighted by Gasteiger charge is 2.20. The first kappa shape index (κ1) is 20.4. The summed E-state index contributed by atoms with van der Waals surface area (Å²) in [5.41, 5.74) is 2.02. The summed E-state index contributed by atoms with van der Waals surface area (Å²) in [6.45, 7) is 5.66. The number of aryl methyl sites for hydroxylation is 1. The number of benzene rings is 1. The molecule has 0 saturated carbocycles. The lowest BCUT2D eigenvalue weighted by molar-refractivity contribution is -0.117. The van der Waals surface area contributed by atoms with Crippen LogP contribution in [0.3, 0.4) is 0 Å². The fourth-order valence-corrected chi connectivity index (χ4v) is 3.49. The van der Waals surface area contributed by atoms with Crippen LogP contribution >= 0.6 is 28.3 Å². The van der Waals surface area contributed by atoms with E-state index in [0.717, 1.165) is 35.7 Å². The number of anilines is 1. The number of likely N-dealkylation sites (tertiary alicyclic amines) is 1. The summed E-state index contributed by atoms with van der Waals surface area (Å²) in [5.74, 6) is 0.872. The van der Waals surface area contributed by atoms with Gasteiger partial charge in [-0.3, -0.25) is 9.69 Å². The van der Waals surface area contributed by atoms with Crippen LogP contribution in [0, 0.1) is 12.8 Å². The molecule has 4 nitrogen and oxygen atoms in total. The first-order valence-electron chi connectivity index (χ1n) is 8.01. The van der Waals surface area contributed by atoms with Crippen molar-refractivity contribution < 1.29 is 4.79 Å². The molecule has 0 atom stereocenters. The molecule has 1 amide bonds. The summed E-state index contributed by atoms with van der Waals surface area (Å²) in [5, 5.41) is 6.21. The number of piperidine rings is 1. The number of carbonyl (C=O) groups is 1. The minimum absolute atomic E-state index is 0. The second-order valence-corrected chi connectivity index (χ2v) is 7.00. The molecule has 1 aliphatic rings. The van der Waals surface area contributed by atoms with Crippen LogP contribution in [-0.2, 0) is 4.79 Å². The molecule has 0 aliphatic carbocycles. The van der Waals surface area contributed by atoms with Gasteiger partial charge >= 0.3 is 0 Å². The Morgan fingerprint density at radius 1 is 1.35 bits per heavy atom. The third-order valence-corrected chi connectivity index (χ3v) is 4.93. The second kappa shape index (κ2) is 10.3. The SMILES string of the molecule is CNCCC1CCN(CC(=O)Nc2ccc(C)cc2Br)CC1.Cl. The number of rotatable bonds is 6. The smallest absolute Gasteiger partial charge is 0.238 e. The molecule has 6 heteroatoms. The van der Waals surface area contributed by atoms with E-state index in [9.17, 15) is 4.79 Å². The standard InChI is InChI=1S/C17H26BrN3O.ClH/c1-13-3-4-16(15(18)11-13)20-17(22)12-21-9-6-14(7-10-21)5-8-19-2;/h3-4,11,14,19H,5-10,12H2,1-2H3,(H,20,22);1H. The summed E-state index contributed by atoms with van der Waals surface area (Å²) in [6.07, 6.45) is 3.64. The molecular weight excluding hydrogens is 378 g/mol. The van der Waals surface area contributed by atoms with Gasteiger partial charge in [0.25, 0.3) is 0 Å². The summed E-state index contributed by atoms with van der Waals surface area (Å²) in [6, 6.07) is 5.97. The van der Waals surface area contributed by atoms with Gasteiger partial charge in [-0.2, -0.15) is 0 Å². The molecule has 1 heterocycles. The third-order valence-electron chi connectivity index (χ3n) is 4.28. The zero-order valence-corrected chi connectivity index (χ0v) is 16.3. The molecular formula is C17H27BrClN3O. The molecule has 0 bridgehead atoms. The fourth-order valence-electron chi connectivity index (χ4n) is 2.90. The first-order chi connectivity index (χ1) is 10.6. The minimum atomic E-state index is 0. The molecule has 1 aromatic carbocycles. The molecule has 2 rings (SSSR count). The molecule has 1 aromatic rings. The number of nitrogens with one attached hydrogen (secondary N) is 2. The van der Waals surface area contributed by atoms with E-state index in [1.807, 2.05) is 32.2 Å². The number of halogens is 2. The number of hydrogen-bond donors (Lipinski definition) is 2. The summed E-state index contributed by atoms with van der Waals surface area (Å²) in [7, 11) is 2.00. The first-order valence-corrected chi connectivity index (χ1v) is 8.80. The Balaban J connectivity index is 0.00000264. The van der Waals surface area contributed by atoms with Crippen molar-refractivity contribution in [2.24, 2.45) is 5.92 Å². The Kier molecular flexibility index (Phi) is 9.14. The highest BCUT2D eigenvalue weighted by atomic mass is 79.9. The van der Waals surface area contributed by atoms with Crippen molar-refractivity contribution in [3.8, 4) is 0 Å². The van der Waals surface area contributed by atoms with Crippen molar-refractivity contribution in [3.63, 3.8) is 0 Å². The van der Waals surface area contributed by atoms with Crippen LogP contribution in [0.5, 0.6) is 0 Å². The van der Waals surface area contributed by atoms with Crippen LogP contribution in [0.4, 0.5) is 5.69 Å². The normalized spacial score (nSPS) is 16.0. The molecule has 1 aliphatic heterocycles. The Morgan fingerprint density at radius 3 is 2.65 bits per heavy atom. The fraction of sp³-hybridized carbons (Fsp3) is 0.588. The van der Waals surface area contributed by atoms with E-state index in [0.29, 0.717) is 6.54 Å². The predicted octanol–water partition coefficient (Wildman–Crippen LogP) is 3.44. The molecule has 2 N–H and O–H groups in total. The van der Waals surface area contributed by atoms with E-state index in [1.54, 1.807) is 0 Å². The topological polar surface area (TPSA) is 44.4 Å². The summed E-state index contributed by atoms with van der Waals surface area (Å²) < 4.78 is 0.937. The maximum absolute atomic E-state index is 12.2. The van der Waals surface area contributed by atoms with E-state index < -0.39 is 0 Å². The average Bonchev–Trinajstić information content (AvgIpc) is 2.49. The average molecular weight is 405 g/mol. The molecule has 0 spiro atoms. The van der Waals surface area contributed by atoms with Gasteiger partial charge in [-0.15, -0.1) is 12.4 Å². The van der Waals surface area contributed by atoms with Gasteiger partial charge in [0.15, 0.2) is 0 Å². The lowest BCUT2D eigenvalue weighted by Gasteiger charge is -2.31. The van der Waals surface area contributed by atoms with Crippen molar-refractivity contribution in [2.45, 2.75) is 26.2 Å². The monoisotopic (exact) mass is 403 g/mol. The van der Waals surface area contributed by atoms with E-state index in [-0.39, 0.29) is 18.3 Å². The van der Waals surface area contributed by atoms with E-state index >= 15 is 0 Å². The van der Waals surface area contributed by atoms with Gasteiger partial charge in [-0.05, 0) is 92.4 Å².